The predicted octanol–water partition coefficient (Wildman–Crippen LogP) is 2.42. The summed E-state index contributed by atoms with van der Waals surface area (Å²) in [5.41, 5.74) is 0.830. The number of thiophene rings is 1. The molecule has 4 rings (SSSR count). The van der Waals surface area contributed by atoms with Crippen molar-refractivity contribution in [3.63, 3.8) is 0 Å². The largest absolute Gasteiger partial charge is 0.443 e. The lowest BCUT2D eigenvalue weighted by Gasteiger charge is -2.37. The van der Waals surface area contributed by atoms with Crippen molar-refractivity contribution in [2.24, 2.45) is 4.99 Å². The molecular formula is C19H26IN5O3S. The van der Waals surface area contributed by atoms with Crippen LogP contribution in [-0.4, -0.2) is 72.6 Å². The summed E-state index contributed by atoms with van der Waals surface area (Å²) in [6.45, 7) is 4.10. The van der Waals surface area contributed by atoms with Crippen LogP contribution in [0.1, 0.15) is 18.5 Å². The summed E-state index contributed by atoms with van der Waals surface area (Å²) in [6, 6.07) is 3.97. The van der Waals surface area contributed by atoms with E-state index in [1.54, 1.807) is 24.6 Å². The standard InChI is InChI=1S/C19H25N5O3S.HI/c1-20-19(21-12-14-13-27-17(22-14)16-5-3-11-28-16)24-8-6-23(7-9-24)18(25)15-4-2-10-26-15;/h3,5,11,13,15H,2,4,6-10,12H2,1H3,(H,20,21);1H. The highest BCUT2D eigenvalue weighted by Crippen LogP contribution is 2.23. The number of ether oxygens (including phenoxy) is 1. The average Bonchev–Trinajstić information content (AvgIpc) is 3.50. The van der Waals surface area contributed by atoms with Crippen LogP contribution >= 0.6 is 35.3 Å². The number of aliphatic imine (C=N–C) groups is 1. The Labute approximate surface area is 191 Å². The number of carbonyl (C=O) groups excluding carboxylic acids is 1. The minimum atomic E-state index is -0.242. The van der Waals surface area contributed by atoms with Crippen LogP contribution in [0.4, 0.5) is 0 Å². The summed E-state index contributed by atoms with van der Waals surface area (Å²) in [4.78, 5) is 26.5. The summed E-state index contributed by atoms with van der Waals surface area (Å²) < 4.78 is 11.1. The van der Waals surface area contributed by atoms with Gasteiger partial charge in [-0.05, 0) is 24.3 Å². The molecule has 8 nitrogen and oxygen atoms in total. The molecule has 2 fully saturated rings. The molecule has 0 bridgehead atoms. The van der Waals surface area contributed by atoms with Gasteiger partial charge in [-0.3, -0.25) is 9.79 Å². The SMILES string of the molecule is CN=C(NCc1coc(-c2cccs2)n1)N1CCN(C(=O)C2CCCO2)CC1.I. The zero-order valence-electron chi connectivity index (χ0n) is 16.4. The van der Waals surface area contributed by atoms with E-state index < -0.39 is 0 Å². The first-order valence-electron chi connectivity index (χ1n) is 9.59. The summed E-state index contributed by atoms with van der Waals surface area (Å²) in [5, 5.41) is 5.34. The van der Waals surface area contributed by atoms with Gasteiger partial charge in [0, 0.05) is 39.8 Å². The maximum atomic E-state index is 12.5. The van der Waals surface area contributed by atoms with E-state index in [1.165, 1.54) is 0 Å². The van der Waals surface area contributed by atoms with Gasteiger partial charge in [-0.1, -0.05) is 6.07 Å². The van der Waals surface area contributed by atoms with Gasteiger partial charge in [0.15, 0.2) is 5.96 Å². The van der Waals surface area contributed by atoms with Gasteiger partial charge in [-0.2, -0.15) is 0 Å². The van der Waals surface area contributed by atoms with Crippen LogP contribution in [-0.2, 0) is 16.1 Å². The second-order valence-corrected chi connectivity index (χ2v) is 7.78. The Morgan fingerprint density at radius 1 is 1.34 bits per heavy atom. The first kappa shape index (κ1) is 22.0. The number of hydrogen-bond donors (Lipinski definition) is 1. The molecule has 10 heteroatoms. The van der Waals surface area contributed by atoms with Gasteiger partial charge < -0.3 is 24.3 Å². The topological polar surface area (TPSA) is 83.2 Å². The minimum absolute atomic E-state index is 0. The van der Waals surface area contributed by atoms with E-state index in [2.05, 4.69) is 20.2 Å². The first-order valence-corrected chi connectivity index (χ1v) is 10.5. The van der Waals surface area contributed by atoms with Crippen molar-refractivity contribution in [1.82, 2.24) is 20.1 Å². The number of piperazine rings is 1. The van der Waals surface area contributed by atoms with Crippen molar-refractivity contribution in [2.45, 2.75) is 25.5 Å². The zero-order valence-corrected chi connectivity index (χ0v) is 19.5. The lowest BCUT2D eigenvalue weighted by Crippen LogP contribution is -2.55. The number of halogens is 1. The second-order valence-electron chi connectivity index (χ2n) is 6.84. The number of nitrogens with zero attached hydrogens (tertiary/aromatic N) is 4. The number of oxazole rings is 1. The van der Waals surface area contributed by atoms with E-state index in [0.29, 0.717) is 32.1 Å². The van der Waals surface area contributed by atoms with Crippen LogP contribution in [0, 0.1) is 0 Å². The molecular weight excluding hydrogens is 505 g/mol. The van der Waals surface area contributed by atoms with Crippen molar-refractivity contribution in [3.05, 3.63) is 29.5 Å². The Kier molecular flexibility index (Phi) is 7.90. The van der Waals surface area contributed by atoms with Crippen molar-refractivity contribution < 1.29 is 13.9 Å². The second kappa shape index (κ2) is 10.4. The van der Waals surface area contributed by atoms with Crippen LogP contribution in [0.25, 0.3) is 10.8 Å². The van der Waals surface area contributed by atoms with E-state index in [-0.39, 0.29) is 36.0 Å². The molecule has 2 aromatic rings. The van der Waals surface area contributed by atoms with E-state index in [9.17, 15) is 4.79 Å². The third-order valence-corrected chi connectivity index (χ3v) is 5.88. The van der Waals surface area contributed by atoms with E-state index in [4.69, 9.17) is 9.15 Å². The van der Waals surface area contributed by atoms with Crippen LogP contribution < -0.4 is 5.32 Å². The molecule has 2 saturated heterocycles. The van der Waals surface area contributed by atoms with Gasteiger partial charge in [-0.15, -0.1) is 35.3 Å². The number of guanidine groups is 1. The minimum Gasteiger partial charge on any atom is -0.443 e. The number of amides is 1. The van der Waals surface area contributed by atoms with Gasteiger partial charge in [0.2, 0.25) is 5.89 Å². The molecule has 29 heavy (non-hydrogen) atoms. The molecule has 4 heterocycles. The van der Waals surface area contributed by atoms with Gasteiger partial charge in [0.25, 0.3) is 5.91 Å². The third-order valence-electron chi connectivity index (χ3n) is 5.02. The lowest BCUT2D eigenvalue weighted by molar-refractivity contribution is -0.142. The first-order chi connectivity index (χ1) is 13.7. The summed E-state index contributed by atoms with van der Waals surface area (Å²) in [6.07, 6.45) is 3.25. The molecule has 1 unspecified atom stereocenters. The predicted molar refractivity (Wildman–Crippen MR) is 123 cm³/mol. The monoisotopic (exact) mass is 531 g/mol. The number of hydrogen-bond acceptors (Lipinski definition) is 6. The fourth-order valence-electron chi connectivity index (χ4n) is 3.52. The average molecular weight is 531 g/mol. The molecule has 0 radical (unpaired) electrons. The lowest BCUT2D eigenvalue weighted by atomic mass is 10.2. The maximum absolute atomic E-state index is 12.5. The van der Waals surface area contributed by atoms with Crippen molar-refractivity contribution >= 4 is 47.2 Å². The van der Waals surface area contributed by atoms with Gasteiger partial charge >= 0.3 is 0 Å². The fourth-order valence-corrected chi connectivity index (χ4v) is 4.17. The Hall–Kier alpha value is -1.66. The fraction of sp³-hybridized carbons (Fsp3) is 0.526. The number of nitrogens with one attached hydrogen (secondary N) is 1. The molecule has 2 aliphatic rings. The molecule has 0 aliphatic carbocycles. The summed E-state index contributed by atoms with van der Waals surface area (Å²) in [7, 11) is 1.77. The van der Waals surface area contributed by atoms with Crippen LogP contribution in [0.2, 0.25) is 0 Å². The Bertz CT molecular complexity index is 812. The van der Waals surface area contributed by atoms with Crippen LogP contribution in [0.5, 0.6) is 0 Å². The smallest absolute Gasteiger partial charge is 0.251 e. The third kappa shape index (κ3) is 5.28. The molecule has 0 spiro atoms. The summed E-state index contributed by atoms with van der Waals surface area (Å²) in [5.74, 6) is 1.58. The van der Waals surface area contributed by atoms with Crippen LogP contribution in [0.15, 0.2) is 33.2 Å². The molecule has 158 valence electrons. The van der Waals surface area contributed by atoms with Gasteiger partial charge in [0.1, 0.15) is 12.4 Å². The molecule has 1 amide bonds. The number of rotatable bonds is 4. The van der Waals surface area contributed by atoms with Crippen molar-refractivity contribution in [2.75, 3.05) is 39.8 Å². The normalized spacial score (nSPS) is 19.9. The summed E-state index contributed by atoms with van der Waals surface area (Å²) >= 11 is 1.60. The molecule has 1 N–H and O–H groups in total. The highest BCUT2D eigenvalue weighted by molar-refractivity contribution is 14.0. The Morgan fingerprint density at radius 3 is 2.79 bits per heavy atom. The van der Waals surface area contributed by atoms with E-state index in [1.807, 2.05) is 22.4 Å². The van der Waals surface area contributed by atoms with E-state index >= 15 is 0 Å². The highest BCUT2D eigenvalue weighted by atomic mass is 127. The molecule has 0 aromatic carbocycles. The molecule has 2 aliphatic heterocycles. The molecule has 1 atom stereocenters. The number of aromatic nitrogens is 1. The van der Waals surface area contributed by atoms with E-state index in [0.717, 1.165) is 42.5 Å². The van der Waals surface area contributed by atoms with Gasteiger partial charge in [0.05, 0.1) is 17.1 Å². The maximum Gasteiger partial charge on any atom is 0.251 e. The number of carbonyl (C=O) groups is 1. The van der Waals surface area contributed by atoms with Crippen molar-refractivity contribution in [3.8, 4) is 10.8 Å². The molecule has 2 aromatic heterocycles. The quantitative estimate of drug-likeness (QED) is 0.371. The van der Waals surface area contributed by atoms with Gasteiger partial charge in [-0.25, -0.2) is 4.98 Å². The Balaban J connectivity index is 0.00000240. The van der Waals surface area contributed by atoms with Crippen LogP contribution in [0.3, 0.4) is 0 Å². The molecule has 0 saturated carbocycles. The van der Waals surface area contributed by atoms with Crippen molar-refractivity contribution in [1.29, 1.82) is 0 Å². The Morgan fingerprint density at radius 2 is 2.14 bits per heavy atom. The zero-order chi connectivity index (χ0) is 19.3. The highest BCUT2D eigenvalue weighted by Gasteiger charge is 2.30.